The van der Waals surface area contributed by atoms with Crippen LogP contribution in [0, 0.1) is 0 Å². The first-order chi connectivity index (χ1) is 13.1. The average molecular weight is 404 g/mol. The van der Waals surface area contributed by atoms with E-state index in [0.717, 1.165) is 0 Å². The van der Waals surface area contributed by atoms with Gasteiger partial charge in [-0.2, -0.15) is 13.5 Å². The minimum atomic E-state index is -1.01. The second-order valence-corrected chi connectivity index (χ2v) is 6.19. The van der Waals surface area contributed by atoms with Gasteiger partial charge in [0.1, 0.15) is 6.04 Å². The predicted molar refractivity (Wildman–Crippen MR) is 109 cm³/mol. The third kappa shape index (κ3) is 5.86. The molecule has 0 radical (unpaired) electrons. The molecule has 0 bridgehead atoms. The SMILES string of the molecule is O=C(N[C@@H](CC(=O)N1CCNCC1)C(=O)Nc1ccccc1)c1ccco1.S. The van der Waals surface area contributed by atoms with Crippen LogP contribution in [-0.4, -0.2) is 54.8 Å². The number of hydrogen-bond donors (Lipinski definition) is 3. The van der Waals surface area contributed by atoms with Crippen molar-refractivity contribution in [1.29, 1.82) is 0 Å². The van der Waals surface area contributed by atoms with E-state index in [0.29, 0.717) is 31.9 Å². The summed E-state index contributed by atoms with van der Waals surface area (Å²) in [5.41, 5.74) is 0.592. The zero-order valence-corrected chi connectivity index (χ0v) is 16.3. The minimum absolute atomic E-state index is 0. The fraction of sp³-hybridized carbons (Fsp3) is 0.316. The topological polar surface area (TPSA) is 104 Å². The molecule has 28 heavy (non-hydrogen) atoms. The van der Waals surface area contributed by atoms with Crippen molar-refractivity contribution in [2.24, 2.45) is 0 Å². The second-order valence-electron chi connectivity index (χ2n) is 6.19. The van der Waals surface area contributed by atoms with Gasteiger partial charge in [0.05, 0.1) is 12.7 Å². The summed E-state index contributed by atoms with van der Waals surface area (Å²) >= 11 is 0. The summed E-state index contributed by atoms with van der Waals surface area (Å²) in [7, 11) is 0. The van der Waals surface area contributed by atoms with Crippen LogP contribution in [0.5, 0.6) is 0 Å². The van der Waals surface area contributed by atoms with Crippen molar-refractivity contribution in [3.8, 4) is 0 Å². The molecule has 1 aromatic heterocycles. The molecule has 150 valence electrons. The summed E-state index contributed by atoms with van der Waals surface area (Å²) in [6.07, 6.45) is 1.25. The van der Waals surface area contributed by atoms with Crippen molar-refractivity contribution in [2.75, 3.05) is 31.5 Å². The van der Waals surface area contributed by atoms with Crippen molar-refractivity contribution in [3.63, 3.8) is 0 Å². The quantitative estimate of drug-likeness (QED) is 0.665. The maximum Gasteiger partial charge on any atom is 0.287 e. The fourth-order valence-corrected chi connectivity index (χ4v) is 2.82. The van der Waals surface area contributed by atoms with Crippen LogP contribution < -0.4 is 16.0 Å². The Bertz CT molecular complexity index is 776. The number of anilines is 1. The molecule has 9 heteroatoms. The molecule has 1 aliphatic heterocycles. The molecule has 0 spiro atoms. The van der Waals surface area contributed by atoms with E-state index < -0.39 is 17.9 Å². The molecular weight excluding hydrogens is 380 g/mol. The van der Waals surface area contributed by atoms with E-state index in [4.69, 9.17) is 4.42 Å². The third-order valence-corrected chi connectivity index (χ3v) is 4.26. The molecule has 2 aromatic rings. The first-order valence-electron chi connectivity index (χ1n) is 8.82. The van der Waals surface area contributed by atoms with Gasteiger partial charge in [0, 0.05) is 31.9 Å². The zero-order valence-electron chi connectivity index (χ0n) is 15.3. The fourth-order valence-electron chi connectivity index (χ4n) is 2.82. The molecule has 1 aliphatic rings. The van der Waals surface area contributed by atoms with E-state index in [1.54, 1.807) is 35.2 Å². The van der Waals surface area contributed by atoms with Crippen molar-refractivity contribution in [3.05, 3.63) is 54.5 Å². The number of rotatable bonds is 6. The third-order valence-electron chi connectivity index (χ3n) is 4.26. The van der Waals surface area contributed by atoms with Gasteiger partial charge < -0.3 is 25.3 Å². The Morgan fingerprint density at radius 1 is 1.07 bits per heavy atom. The number of carbonyl (C=O) groups excluding carboxylic acids is 3. The van der Waals surface area contributed by atoms with Gasteiger partial charge in [-0.15, -0.1) is 0 Å². The first-order valence-corrected chi connectivity index (χ1v) is 8.82. The molecular formula is C19H24N4O4S. The van der Waals surface area contributed by atoms with Gasteiger partial charge >= 0.3 is 0 Å². The molecule has 0 unspecified atom stereocenters. The van der Waals surface area contributed by atoms with Gasteiger partial charge in [0.25, 0.3) is 5.91 Å². The number of amides is 3. The summed E-state index contributed by atoms with van der Waals surface area (Å²) in [6.45, 7) is 2.59. The van der Waals surface area contributed by atoms with Crippen LogP contribution in [0.1, 0.15) is 17.0 Å². The second kappa shape index (κ2) is 10.5. The molecule has 1 atom stereocenters. The van der Waals surface area contributed by atoms with E-state index >= 15 is 0 Å². The minimum Gasteiger partial charge on any atom is -0.459 e. The maximum atomic E-state index is 12.7. The van der Waals surface area contributed by atoms with Crippen LogP contribution in [0.25, 0.3) is 0 Å². The Balaban J connectivity index is 0.00000280. The Morgan fingerprint density at radius 3 is 2.43 bits per heavy atom. The number of furan rings is 1. The lowest BCUT2D eigenvalue weighted by atomic mass is 10.1. The van der Waals surface area contributed by atoms with Gasteiger partial charge in [0.15, 0.2) is 5.76 Å². The normalized spacial score (nSPS) is 14.5. The molecule has 1 fully saturated rings. The number of nitrogens with zero attached hydrogens (tertiary/aromatic N) is 1. The van der Waals surface area contributed by atoms with Gasteiger partial charge in [-0.25, -0.2) is 0 Å². The number of benzene rings is 1. The number of hydrogen-bond acceptors (Lipinski definition) is 5. The molecule has 3 N–H and O–H groups in total. The van der Waals surface area contributed by atoms with Crippen LogP contribution in [0.4, 0.5) is 5.69 Å². The van der Waals surface area contributed by atoms with E-state index in [1.165, 1.54) is 12.3 Å². The van der Waals surface area contributed by atoms with Crippen LogP contribution in [0.2, 0.25) is 0 Å². The molecule has 3 rings (SSSR count). The molecule has 0 aliphatic carbocycles. The average Bonchev–Trinajstić information content (AvgIpc) is 3.24. The van der Waals surface area contributed by atoms with Gasteiger partial charge in [-0.3, -0.25) is 14.4 Å². The molecule has 1 aromatic carbocycles. The highest BCUT2D eigenvalue weighted by Gasteiger charge is 2.28. The Kier molecular flexibility index (Phi) is 8.09. The largest absolute Gasteiger partial charge is 0.459 e. The smallest absolute Gasteiger partial charge is 0.287 e. The van der Waals surface area contributed by atoms with Crippen LogP contribution in [0.3, 0.4) is 0 Å². The van der Waals surface area contributed by atoms with Crippen LogP contribution in [0.15, 0.2) is 53.1 Å². The lowest BCUT2D eigenvalue weighted by Gasteiger charge is -2.29. The lowest BCUT2D eigenvalue weighted by molar-refractivity contribution is -0.134. The first kappa shape index (κ1) is 21.5. The summed E-state index contributed by atoms with van der Waals surface area (Å²) in [5, 5.41) is 8.51. The Labute approximate surface area is 170 Å². The zero-order chi connectivity index (χ0) is 19.1. The monoisotopic (exact) mass is 404 g/mol. The molecule has 1 saturated heterocycles. The summed E-state index contributed by atoms with van der Waals surface area (Å²) in [4.78, 5) is 39.3. The molecule has 2 heterocycles. The Morgan fingerprint density at radius 2 is 1.79 bits per heavy atom. The maximum absolute atomic E-state index is 12.7. The number of piperazine rings is 1. The van der Waals surface area contributed by atoms with E-state index in [2.05, 4.69) is 16.0 Å². The molecule has 3 amide bonds. The standard InChI is InChI=1S/C19H22N4O4.H2S/c24-17(23-10-8-20-9-11-23)13-15(22-19(26)16-7-4-12-27-16)18(25)21-14-5-2-1-3-6-14;/h1-7,12,15,20H,8-11,13H2,(H,21,25)(H,22,26);1H2/t15-;/m0./s1. The van der Waals surface area contributed by atoms with Gasteiger partial charge in [-0.1, -0.05) is 18.2 Å². The Hall–Kier alpha value is -2.78. The number of nitrogens with one attached hydrogen (secondary N) is 3. The van der Waals surface area contributed by atoms with Gasteiger partial charge in [-0.05, 0) is 24.3 Å². The van der Waals surface area contributed by atoms with Gasteiger partial charge in [0.2, 0.25) is 11.8 Å². The van der Waals surface area contributed by atoms with Crippen molar-refractivity contribution in [2.45, 2.75) is 12.5 Å². The lowest BCUT2D eigenvalue weighted by Crippen LogP contribution is -2.51. The van der Waals surface area contributed by atoms with Crippen molar-refractivity contribution in [1.82, 2.24) is 15.5 Å². The molecule has 0 saturated carbocycles. The van der Waals surface area contributed by atoms with Crippen LogP contribution >= 0.6 is 13.5 Å². The van der Waals surface area contributed by atoms with E-state index in [1.807, 2.05) is 6.07 Å². The summed E-state index contributed by atoms with van der Waals surface area (Å²) < 4.78 is 5.07. The van der Waals surface area contributed by atoms with E-state index in [9.17, 15) is 14.4 Å². The summed E-state index contributed by atoms with van der Waals surface area (Å²) in [5.74, 6) is -1.09. The van der Waals surface area contributed by atoms with Crippen LogP contribution in [-0.2, 0) is 9.59 Å². The summed E-state index contributed by atoms with van der Waals surface area (Å²) in [6, 6.07) is 11.0. The highest BCUT2D eigenvalue weighted by atomic mass is 32.1. The molecule has 8 nitrogen and oxygen atoms in total. The highest BCUT2D eigenvalue weighted by Crippen LogP contribution is 2.09. The van der Waals surface area contributed by atoms with E-state index in [-0.39, 0.29) is 31.6 Å². The number of para-hydroxylation sites is 1. The van der Waals surface area contributed by atoms with Crippen molar-refractivity contribution < 1.29 is 18.8 Å². The van der Waals surface area contributed by atoms with Crippen molar-refractivity contribution >= 4 is 36.9 Å². The number of carbonyl (C=O) groups is 3. The highest BCUT2D eigenvalue weighted by molar-refractivity contribution is 7.59. The predicted octanol–water partition coefficient (Wildman–Crippen LogP) is 0.951.